The molecule has 0 aromatic rings. The predicted molar refractivity (Wildman–Crippen MR) is 140 cm³/mol. The van der Waals surface area contributed by atoms with Gasteiger partial charge in [0.1, 0.15) is 0 Å². The normalized spacial score (nSPS) is 10.9. The molecule has 0 heterocycles. The summed E-state index contributed by atoms with van der Waals surface area (Å²) in [4.78, 5) is 20.1. The van der Waals surface area contributed by atoms with Crippen LogP contribution >= 0.6 is 0 Å². The van der Waals surface area contributed by atoms with Crippen molar-refractivity contribution in [3.05, 3.63) is 0 Å². The van der Waals surface area contributed by atoms with Crippen molar-refractivity contribution in [1.82, 2.24) is 0 Å². The first kappa shape index (κ1) is 37.3. The van der Waals surface area contributed by atoms with Crippen LogP contribution < -0.4 is 10.2 Å². The van der Waals surface area contributed by atoms with Crippen LogP contribution in [0.1, 0.15) is 145 Å². The Morgan fingerprint density at radius 1 is 0.576 bits per heavy atom. The van der Waals surface area contributed by atoms with Crippen LogP contribution in [0.25, 0.3) is 0 Å². The molecule has 196 valence electrons. The second kappa shape index (κ2) is 24.9. The van der Waals surface area contributed by atoms with E-state index in [9.17, 15) is 19.8 Å². The van der Waals surface area contributed by atoms with Crippen LogP contribution in [0.5, 0.6) is 0 Å². The van der Waals surface area contributed by atoms with Crippen molar-refractivity contribution < 1.29 is 19.8 Å². The topological polar surface area (TPSA) is 80.3 Å². The molecule has 0 atom stereocenters. The van der Waals surface area contributed by atoms with Gasteiger partial charge in [-0.1, -0.05) is 67.2 Å². The summed E-state index contributed by atoms with van der Waals surface area (Å²) < 4.78 is 3.25. The van der Waals surface area contributed by atoms with Gasteiger partial charge in [0.15, 0.2) is 0 Å². The molecule has 0 N–H and O–H groups in total. The molecule has 0 saturated heterocycles. The van der Waals surface area contributed by atoms with E-state index >= 15 is 0 Å². The molecular formula is C28H56O4Sn. The number of aliphatic carboxylic acids is 2. The molecule has 5 heteroatoms. The molecule has 0 aliphatic carbocycles. The maximum atomic E-state index is 10.0. The van der Waals surface area contributed by atoms with Gasteiger partial charge in [0, 0.05) is 11.9 Å². The van der Waals surface area contributed by atoms with Gasteiger partial charge >= 0.3 is 69.5 Å². The van der Waals surface area contributed by atoms with Crippen molar-refractivity contribution in [2.75, 3.05) is 0 Å². The Labute approximate surface area is 217 Å². The standard InChI is InChI=1S/2C10H20O2.2C4H9.Sn/c2*1-10(2,3)8-6-4-5-7-9(11)12;2*1-3-4-2;/h2*4-8H2,1-3H3,(H,11,12);2*1,3-4H2,2H3;/q;;;;+2/p-2. The van der Waals surface area contributed by atoms with E-state index in [2.05, 4.69) is 55.4 Å². The van der Waals surface area contributed by atoms with Gasteiger partial charge in [0.05, 0.1) is 0 Å². The molecule has 0 radical (unpaired) electrons. The Morgan fingerprint density at radius 2 is 0.909 bits per heavy atom. The number of carbonyl (C=O) groups excluding carboxylic acids is 2. The average Bonchev–Trinajstić information content (AvgIpc) is 2.66. The van der Waals surface area contributed by atoms with Crippen molar-refractivity contribution in [2.45, 2.75) is 154 Å². The summed E-state index contributed by atoms with van der Waals surface area (Å²) in [5.41, 5.74) is 0.753. The number of hydrogen-bond donors (Lipinski definition) is 0. The van der Waals surface area contributed by atoms with E-state index < -0.39 is 11.9 Å². The van der Waals surface area contributed by atoms with Crippen molar-refractivity contribution in [3.8, 4) is 0 Å². The van der Waals surface area contributed by atoms with Crippen LogP contribution in [0.2, 0.25) is 8.87 Å². The zero-order valence-electron chi connectivity index (χ0n) is 23.4. The number of hydrogen-bond acceptors (Lipinski definition) is 4. The Bertz CT molecular complexity index is 396. The van der Waals surface area contributed by atoms with Crippen molar-refractivity contribution in [3.63, 3.8) is 0 Å². The van der Waals surface area contributed by atoms with Crippen molar-refractivity contribution in [2.24, 2.45) is 10.8 Å². The fourth-order valence-corrected chi connectivity index (χ4v) is 7.09. The molecule has 0 spiro atoms. The molecule has 0 amide bonds. The number of carbonyl (C=O) groups is 2. The van der Waals surface area contributed by atoms with Crippen LogP contribution in [-0.2, 0) is 9.59 Å². The van der Waals surface area contributed by atoms with Crippen LogP contribution in [0.15, 0.2) is 0 Å². The third kappa shape index (κ3) is 49.8. The number of rotatable bonds is 16. The van der Waals surface area contributed by atoms with Gasteiger partial charge < -0.3 is 19.8 Å². The summed E-state index contributed by atoms with van der Waals surface area (Å²) in [6, 6.07) is 0. The van der Waals surface area contributed by atoms with E-state index in [-0.39, 0.29) is 34.0 Å². The van der Waals surface area contributed by atoms with Gasteiger partial charge in [-0.05, 0) is 49.4 Å². The second-order valence-electron chi connectivity index (χ2n) is 11.4. The van der Waals surface area contributed by atoms with Gasteiger partial charge in [-0.15, -0.1) is 0 Å². The Kier molecular flexibility index (Phi) is 28.1. The fraction of sp³-hybridized carbons (Fsp3) is 0.929. The molecule has 0 bridgehead atoms. The summed E-state index contributed by atoms with van der Waals surface area (Å²) in [6.45, 7) is 17.8. The SMILES string of the molecule is CC(C)(C)CCCCCC(=O)[O-].CC(C)(C)CCCCCC(=O)[O-].CCC[CH2][Sn+2][CH2]CCC. The summed E-state index contributed by atoms with van der Waals surface area (Å²) in [5.74, 6) is -1.85. The quantitative estimate of drug-likeness (QED) is 0.154. The number of carboxylic acid groups (broad SMARTS) is 2. The van der Waals surface area contributed by atoms with E-state index in [1.54, 1.807) is 8.87 Å². The molecule has 0 aliphatic rings. The molecule has 0 rings (SSSR count). The number of unbranched alkanes of at least 4 members (excludes halogenated alkanes) is 6. The van der Waals surface area contributed by atoms with Crippen molar-refractivity contribution in [1.29, 1.82) is 0 Å². The van der Waals surface area contributed by atoms with E-state index in [0.29, 0.717) is 10.8 Å². The monoisotopic (exact) mass is 576 g/mol. The minimum atomic E-state index is -0.925. The molecule has 0 unspecified atom stereocenters. The van der Waals surface area contributed by atoms with Crippen LogP contribution in [0.4, 0.5) is 0 Å². The third-order valence-corrected chi connectivity index (χ3v) is 9.07. The first-order valence-electron chi connectivity index (χ1n) is 13.4. The van der Waals surface area contributed by atoms with Crippen molar-refractivity contribution >= 4 is 33.1 Å². The van der Waals surface area contributed by atoms with E-state index in [1.165, 1.54) is 38.5 Å². The van der Waals surface area contributed by atoms with Crippen LogP contribution in [0.3, 0.4) is 0 Å². The maximum absolute atomic E-state index is 10.0. The summed E-state index contributed by atoms with van der Waals surface area (Å²) in [6.07, 6.45) is 14.4. The Hall–Kier alpha value is -0.261. The van der Waals surface area contributed by atoms with Gasteiger partial charge in [-0.2, -0.15) is 0 Å². The fourth-order valence-electron chi connectivity index (χ4n) is 2.93. The molecule has 0 aliphatic heterocycles. The second-order valence-corrected chi connectivity index (χ2v) is 15.7. The van der Waals surface area contributed by atoms with Gasteiger partial charge in [-0.3, -0.25) is 0 Å². The van der Waals surface area contributed by atoms with Gasteiger partial charge in [0.25, 0.3) is 0 Å². The Balaban J connectivity index is -0.000000414. The zero-order chi connectivity index (χ0) is 26.2. The average molecular weight is 575 g/mol. The van der Waals surface area contributed by atoms with Gasteiger partial charge in [-0.25, -0.2) is 0 Å². The summed E-state index contributed by atoms with van der Waals surface area (Å²) >= 11 is 0.149. The van der Waals surface area contributed by atoms with Crippen LogP contribution in [0, 0.1) is 10.8 Å². The predicted octanol–water partition coefficient (Wildman–Crippen LogP) is 6.59. The first-order valence-corrected chi connectivity index (χ1v) is 17.4. The van der Waals surface area contributed by atoms with E-state index in [1.807, 2.05) is 0 Å². The molecular weight excluding hydrogens is 519 g/mol. The molecule has 4 nitrogen and oxygen atoms in total. The first-order chi connectivity index (χ1) is 15.2. The number of carboxylic acids is 2. The van der Waals surface area contributed by atoms with Gasteiger partial charge in [0.2, 0.25) is 0 Å². The molecule has 0 aromatic heterocycles. The molecule has 0 saturated carbocycles. The Morgan fingerprint density at radius 3 is 1.15 bits per heavy atom. The molecule has 0 aromatic carbocycles. The molecule has 0 fully saturated rings. The zero-order valence-corrected chi connectivity index (χ0v) is 26.3. The third-order valence-electron chi connectivity index (χ3n) is 5.03. The summed E-state index contributed by atoms with van der Waals surface area (Å²) in [7, 11) is 0. The van der Waals surface area contributed by atoms with E-state index in [0.717, 1.165) is 38.5 Å². The molecule has 33 heavy (non-hydrogen) atoms. The van der Waals surface area contributed by atoms with E-state index in [4.69, 9.17) is 0 Å². The summed E-state index contributed by atoms with van der Waals surface area (Å²) in [5, 5.41) is 20.1. The van der Waals surface area contributed by atoms with Crippen LogP contribution in [-0.4, -0.2) is 33.1 Å². The minimum absolute atomic E-state index is 0.149.